The number of aryl methyl sites for hydroxylation is 1. The lowest BCUT2D eigenvalue weighted by molar-refractivity contribution is -0.147. The average molecular weight is 408 g/mol. The molecule has 9 heteroatoms. The van der Waals surface area contributed by atoms with Crippen LogP contribution in [0.25, 0.3) is 0 Å². The first kappa shape index (κ1) is 21.9. The minimum Gasteiger partial charge on any atom is -0.456 e. The van der Waals surface area contributed by atoms with Crippen LogP contribution in [0.15, 0.2) is 36.4 Å². The molecule has 2 rings (SSSR count). The van der Waals surface area contributed by atoms with E-state index in [-0.39, 0.29) is 30.6 Å². The fourth-order valence-corrected chi connectivity index (χ4v) is 2.29. The Kier molecular flexibility index (Phi) is 7.76. The molecule has 0 aromatic heterocycles. The molecule has 0 radical (unpaired) electrons. The van der Waals surface area contributed by atoms with Crippen molar-refractivity contribution < 1.29 is 32.3 Å². The lowest BCUT2D eigenvalue weighted by atomic mass is 10.2. The van der Waals surface area contributed by atoms with Crippen molar-refractivity contribution in [3.8, 4) is 0 Å². The Bertz CT molecular complexity index is 919. The van der Waals surface area contributed by atoms with Crippen LogP contribution in [0.2, 0.25) is 0 Å². The number of esters is 1. The predicted octanol–water partition coefficient (Wildman–Crippen LogP) is 3.10. The molecule has 0 bridgehead atoms. The Labute approximate surface area is 165 Å². The van der Waals surface area contributed by atoms with E-state index in [0.717, 1.165) is 18.2 Å². The standard InChI is InChI=1S/C20H19F3N2O4/c1-12-4-6-14(10-16(12)22)25-18(26)11-29-19(27)3-2-8-24-20(28)15-7-5-13(21)9-17(15)23/h4-7,9-10H,2-3,8,11H2,1H3,(H,24,28)(H,25,26). The maximum Gasteiger partial charge on any atom is 0.306 e. The number of hydrogen-bond donors (Lipinski definition) is 2. The maximum absolute atomic E-state index is 13.5. The Balaban J connectivity index is 1.66. The highest BCUT2D eigenvalue weighted by Crippen LogP contribution is 2.13. The second-order valence-corrected chi connectivity index (χ2v) is 6.16. The van der Waals surface area contributed by atoms with Crippen molar-refractivity contribution >= 4 is 23.5 Å². The summed E-state index contributed by atoms with van der Waals surface area (Å²) in [6, 6.07) is 6.76. The molecule has 0 spiro atoms. The molecule has 0 aliphatic carbocycles. The molecule has 0 atom stereocenters. The number of carbonyl (C=O) groups excluding carboxylic acids is 3. The summed E-state index contributed by atoms with van der Waals surface area (Å²) in [7, 11) is 0. The number of nitrogens with one attached hydrogen (secondary N) is 2. The van der Waals surface area contributed by atoms with E-state index in [4.69, 9.17) is 4.74 Å². The van der Waals surface area contributed by atoms with Gasteiger partial charge in [-0.2, -0.15) is 0 Å². The quantitative estimate of drug-likeness (QED) is 0.519. The third kappa shape index (κ3) is 6.95. The van der Waals surface area contributed by atoms with Gasteiger partial charge in [0.25, 0.3) is 11.8 Å². The fraction of sp³-hybridized carbons (Fsp3) is 0.250. The normalized spacial score (nSPS) is 10.3. The van der Waals surface area contributed by atoms with Gasteiger partial charge in [0, 0.05) is 24.7 Å². The van der Waals surface area contributed by atoms with Gasteiger partial charge in [0.05, 0.1) is 5.56 Å². The molecular weight excluding hydrogens is 389 g/mol. The Morgan fingerprint density at radius 1 is 1.00 bits per heavy atom. The maximum atomic E-state index is 13.5. The van der Waals surface area contributed by atoms with E-state index in [1.807, 2.05) is 0 Å². The van der Waals surface area contributed by atoms with E-state index in [1.165, 1.54) is 12.1 Å². The zero-order valence-corrected chi connectivity index (χ0v) is 15.6. The van der Waals surface area contributed by atoms with Gasteiger partial charge in [-0.15, -0.1) is 0 Å². The topological polar surface area (TPSA) is 84.5 Å². The molecule has 0 heterocycles. The molecule has 2 amide bonds. The number of amides is 2. The van der Waals surface area contributed by atoms with Gasteiger partial charge in [-0.3, -0.25) is 14.4 Å². The van der Waals surface area contributed by atoms with Gasteiger partial charge in [-0.25, -0.2) is 13.2 Å². The van der Waals surface area contributed by atoms with Gasteiger partial charge in [0.2, 0.25) is 0 Å². The minimum absolute atomic E-state index is 0.0551. The largest absolute Gasteiger partial charge is 0.456 e. The van der Waals surface area contributed by atoms with Crippen LogP contribution in [0.1, 0.15) is 28.8 Å². The van der Waals surface area contributed by atoms with E-state index in [2.05, 4.69) is 10.6 Å². The number of carbonyl (C=O) groups is 3. The summed E-state index contributed by atoms with van der Waals surface area (Å²) in [6.45, 7) is 1.10. The third-order valence-corrected chi connectivity index (χ3v) is 3.84. The van der Waals surface area contributed by atoms with E-state index in [1.54, 1.807) is 6.92 Å². The summed E-state index contributed by atoms with van der Waals surface area (Å²) >= 11 is 0. The smallest absolute Gasteiger partial charge is 0.306 e. The SMILES string of the molecule is Cc1ccc(NC(=O)COC(=O)CCCNC(=O)c2ccc(F)cc2F)cc1F. The highest BCUT2D eigenvalue weighted by atomic mass is 19.1. The Morgan fingerprint density at radius 3 is 2.45 bits per heavy atom. The number of ether oxygens (including phenoxy) is 1. The van der Waals surface area contributed by atoms with Crippen molar-refractivity contribution in [2.75, 3.05) is 18.5 Å². The lowest BCUT2D eigenvalue weighted by Gasteiger charge is -2.08. The minimum atomic E-state index is -0.985. The molecule has 0 fully saturated rings. The van der Waals surface area contributed by atoms with Crippen molar-refractivity contribution in [2.24, 2.45) is 0 Å². The average Bonchev–Trinajstić information content (AvgIpc) is 2.66. The molecule has 0 saturated heterocycles. The monoisotopic (exact) mass is 408 g/mol. The van der Waals surface area contributed by atoms with Gasteiger partial charge < -0.3 is 15.4 Å². The Morgan fingerprint density at radius 2 is 1.76 bits per heavy atom. The third-order valence-electron chi connectivity index (χ3n) is 3.84. The first-order valence-corrected chi connectivity index (χ1v) is 8.71. The molecular formula is C20H19F3N2O4. The van der Waals surface area contributed by atoms with Gasteiger partial charge in [-0.05, 0) is 43.2 Å². The molecule has 2 aromatic rings. The van der Waals surface area contributed by atoms with Crippen molar-refractivity contribution in [2.45, 2.75) is 19.8 Å². The van der Waals surface area contributed by atoms with E-state index < -0.39 is 41.8 Å². The second-order valence-electron chi connectivity index (χ2n) is 6.16. The number of rotatable bonds is 8. The van der Waals surface area contributed by atoms with Crippen LogP contribution < -0.4 is 10.6 Å². The molecule has 29 heavy (non-hydrogen) atoms. The fourth-order valence-electron chi connectivity index (χ4n) is 2.29. The molecule has 0 unspecified atom stereocenters. The van der Waals surface area contributed by atoms with Crippen molar-refractivity contribution in [3.63, 3.8) is 0 Å². The van der Waals surface area contributed by atoms with E-state index in [9.17, 15) is 27.6 Å². The van der Waals surface area contributed by atoms with Crippen LogP contribution >= 0.6 is 0 Å². The molecule has 0 aliphatic rings. The number of hydrogen-bond acceptors (Lipinski definition) is 4. The van der Waals surface area contributed by atoms with E-state index >= 15 is 0 Å². The van der Waals surface area contributed by atoms with Crippen molar-refractivity contribution in [1.29, 1.82) is 0 Å². The van der Waals surface area contributed by atoms with Gasteiger partial charge in [-0.1, -0.05) is 6.07 Å². The highest BCUT2D eigenvalue weighted by Gasteiger charge is 2.13. The van der Waals surface area contributed by atoms with Crippen LogP contribution in [-0.4, -0.2) is 30.9 Å². The number of halogens is 3. The Hall–Kier alpha value is -3.36. The van der Waals surface area contributed by atoms with Crippen LogP contribution in [0.4, 0.5) is 18.9 Å². The zero-order valence-electron chi connectivity index (χ0n) is 15.6. The van der Waals surface area contributed by atoms with Crippen molar-refractivity contribution in [3.05, 3.63) is 65.0 Å². The molecule has 2 N–H and O–H groups in total. The molecule has 0 aliphatic heterocycles. The van der Waals surface area contributed by atoms with Gasteiger partial charge in [0.15, 0.2) is 6.61 Å². The van der Waals surface area contributed by atoms with Crippen LogP contribution in [0.3, 0.4) is 0 Å². The summed E-state index contributed by atoms with van der Waals surface area (Å²) in [5, 5.41) is 4.80. The van der Waals surface area contributed by atoms with Gasteiger partial charge in [0.1, 0.15) is 17.5 Å². The molecule has 6 nitrogen and oxygen atoms in total. The predicted molar refractivity (Wildman–Crippen MR) is 98.7 cm³/mol. The molecule has 154 valence electrons. The number of anilines is 1. The zero-order chi connectivity index (χ0) is 21.4. The highest BCUT2D eigenvalue weighted by molar-refractivity contribution is 5.94. The summed E-state index contributed by atoms with van der Waals surface area (Å²) < 4.78 is 44.5. The molecule has 2 aromatic carbocycles. The summed E-state index contributed by atoms with van der Waals surface area (Å²) in [4.78, 5) is 35.1. The van der Waals surface area contributed by atoms with Crippen LogP contribution in [0, 0.1) is 24.4 Å². The summed E-state index contributed by atoms with van der Waals surface area (Å²) in [5.41, 5.74) is 0.367. The van der Waals surface area contributed by atoms with Crippen LogP contribution in [0.5, 0.6) is 0 Å². The van der Waals surface area contributed by atoms with Gasteiger partial charge >= 0.3 is 5.97 Å². The summed E-state index contributed by atoms with van der Waals surface area (Å²) in [6.07, 6.45) is 0.108. The number of benzene rings is 2. The van der Waals surface area contributed by atoms with Crippen LogP contribution in [-0.2, 0) is 14.3 Å². The first-order valence-electron chi connectivity index (χ1n) is 8.71. The first-order chi connectivity index (χ1) is 13.8. The van der Waals surface area contributed by atoms with E-state index in [0.29, 0.717) is 11.6 Å². The molecule has 0 saturated carbocycles. The summed E-state index contributed by atoms with van der Waals surface area (Å²) in [5.74, 6) is -4.28. The lowest BCUT2D eigenvalue weighted by Crippen LogP contribution is -2.26. The van der Waals surface area contributed by atoms with Crippen molar-refractivity contribution in [1.82, 2.24) is 5.32 Å². The second kappa shape index (κ2) is 10.3.